The average Bonchev–Trinajstić information content (AvgIpc) is 2.42. The van der Waals surface area contributed by atoms with Gasteiger partial charge in [-0.1, -0.05) is 17.7 Å². The zero-order valence-electron chi connectivity index (χ0n) is 10.8. The lowest BCUT2D eigenvalue weighted by Crippen LogP contribution is -2.21. The summed E-state index contributed by atoms with van der Waals surface area (Å²) in [5, 5.41) is 3.70. The van der Waals surface area contributed by atoms with Crippen LogP contribution in [0, 0.1) is 15.2 Å². The number of hydrogen-bond donors (Lipinski definition) is 1. The van der Waals surface area contributed by atoms with E-state index in [0.29, 0.717) is 5.02 Å². The molecule has 0 bridgehead atoms. The van der Waals surface area contributed by atoms with E-state index in [0.717, 1.165) is 9.13 Å². The monoisotopic (exact) mass is 407 g/mol. The van der Waals surface area contributed by atoms with Gasteiger partial charge in [0.15, 0.2) is 0 Å². The van der Waals surface area contributed by atoms with Gasteiger partial charge < -0.3 is 5.32 Å². The highest BCUT2D eigenvalue weighted by molar-refractivity contribution is 14.1. The van der Waals surface area contributed by atoms with Crippen LogP contribution in [0.1, 0.15) is 17.2 Å². The Kier molecular flexibility index (Phi) is 5.35. The molecule has 0 saturated heterocycles. The van der Waals surface area contributed by atoms with Crippen molar-refractivity contribution in [3.05, 3.63) is 67.8 Å². The molecule has 2 aromatic carbocycles. The second kappa shape index (κ2) is 6.83. The summed E-state index contributed by atoms with van der Waals surface area (Å²) in [5.74, 6) is -1.05. The van der Waals surface area contributed by atoms with Gasteiger partial charge in [0.05, 0.1) is 0 Å². The Labute approximate surface area is 135 Å². The zero-order valence-corrected chi connectivity index (χ0v) is 13.7. The van der Waals surface area contributed by atoms with Gasteiger partial charge >= 0.3 is 0 Å². The van der Waals surface area contributed by atoms with Gasteiger partial charge in [0.25, 0.3) is 0 Å². The number of likely N-dealkylation sites (N-methyl/N-ethyl adjacent to an activating group) is 1. The largest absolute Gasteiger partial charge is 0.313 e. The minimum absolute atomic E-state index is 0.0858. The SMILES string of the molecule is CNC(Cc1c(F)cccc1F)c1cc(Cl)ccc1I. The Morgan fingerprint density at radius 3 is 2.45 bits per heavy atom. The van der Waals surface area contributed by atoms with Crippen LogP contribution in [0.3, 0.4) is 0 Å². The van der Waals surface area contributed by atoms with Gasteiger partial charge in [-0.05, 0) is 72.0 Å². The molecule has 0 fully saturated rings. The van der Waals surface area contributed by atoms with Crippen molar-refractivity contribution in [2.45, 2.75) is 12.5 Å². The lowest BCUT2D eigenvalue weighted by molar-refractivity contribution is 0.514. The van der Waals surface area contributed by atoms with Crippen molar-refractivity contribution in [3.63, 3.8) is 0 Å². The van der Waals surface area contributed by atoms with Crippen LogP contribution in [0.2, 0.25) is 5.02 Å². The van der Waals surface area contributed by atoms with Crippen molar-refractivity contribution in [1.82, 2.24) is 5.32 Å². The normalized spacial score (nSPS) is 12.4. The number of benzene rings is 2. The molecule has 2 rings (SSSR count). The third-order valence-electron chi connectivity index (χ3n) is 3.15. The summed E-state index contributed by atoms with van der Waals surface area (Å²) in [7, 11) is 1.76. The topological polar surface area (TPSA) is 12.0 Å². The maximum absolute atomic E-state index is 13.7. The summed E-state index contributed by atoms with van der Waals surface area (Å²) in [6.07, 6.45) is 0.228. The van der Waals surface area contributed by atoms with Crippen LogP contribution in [0.25, 0.3) is 0 Å². The van der Waals surface area contributed by atoms with E-state index < -0.39 is 11.6 Å². The van der Waals surface area contributed by atoms with Crippen LogP contribution in [-0.2, 0) is 6.42 Å². The lowest BCUT2D eigenvalue weighted by Gasteiger charge is -2.19. The van der Waals surface area contributed by atoms with E-state index in [9.17, 15) is 8.78 Å². The Morgan fingerprint density at radius 1 is 1.20 bits per heavy atom. The van der Waals surface area contributed by atoms with E-state index >= 15 is 0 Å². The fourth-order valence-electron chi connectivity index (χ4n) is 2.08. The summed E-state index contributed by atoms with van der Waals surface area (Å²) in [6.45, 7) is 0. The quantitative estimate of drug-likeness (QED) is 0.723. The predicted octanol–water partition coefficient (Wildman–Crippen LogP) is 4.73. The molecule has 0 aliphatic rings. The molecule has 0 aliphatic heterocycles. The van der Waals surface area contributed by atoms with Gasteiger partial charge in [0.2, 0.25) is 0 Å². The molecule has 0 saturated carbocycles. The van der Waals surface area contributed by atoms with Gasteiger partial charge in [-0.2, -0.15) is 0 Å². The van der Waals surface area contributed by atoms with Crippen molar-refractivity contribution < 1.29 is 8.78 Å². The van der Waals surface area contributed by atoms with Crippen LogP contribution in [-0.4, -0.2) is 7.05 Å². The number of halogens is 4. The van der Waals surface area contributed by atoms with Crippen molar-refractivity contribution in [3.8, 4) is 0 Å². The fraction of sp³-hybridized carbons (Fsp3) is 0.200. The molecule has 2 aromatic rings. The molecular formula is C15H13ClF2IN. The van der Waals surface area contributed by atoms with Gasteiger partial charge in [0, 0.05) is 20.2 Å². The molecule has 0 amide bonds. The van der Waals surface area contributed by atoms with E-state index in [1.165, 1.54) is 18.2 Å². The standard InChI is InChI=1S/C15H13ClF2IN/c1-20-15(11-7-9(16)5-6-14(11)19)8-10-12(17)3-2-4-13(10)18/h2-7,15,20H,8H2,1H3. The zero-order chi connectivity index (χ0) is 14.7. The number of rotatable bonds is 4. The van der Waals surface area contributed by atoms with Crippen LogP contribution in [0.15, 0.2) is 36.4 Å². The maximum Gasteiger partial charge on any atom is 0.129 e. The van der Waals surface area contributed by atoms with E-state index in [1.807, 2.05) is 12.1 Å². The van der Waals surface area contributed by atoms with Gasteiger partial charge in [0.1, 0.15) is 11.6 Å². The molecule has 1 nitrogen and oxygen atoms in total. The highest BCUT2D eigenvalue weighted by atomic mass is 127. The first-order valence-corrected chi connectivity index (χ1v) is 7.53. The first-order valence-electron chi connectivity index (χ1n) is 6.08. The first-order chi connectivity index (χ1) is 9.52. The number of nitrogens with one attached hydrogen (secondary N) is 1. The smallest absolute Gasteiger partial charge is 0.129 e. The highest BCUT2D eigenvalue weighted by Gasteiger charge is 2.18. The van der Waals surface area contributed by atoms with Crippen LogP contribution in [0.4, 0.5) is 8.78 Å². The molecular weight excluding hydrogens is 395 g/mol. The van der Waals surface area contributed by atoms with E-state index in [1.54, 1.807) is 13.1 Å². The lowest BCUT2D eigenvalue weighted by atomic mass is 9.98. The Bertz CT molecular complexity index is 599. The van der Waals surface area contributed by atoms with Crippen LogP contribution >= 0.6 is 34.2 Å². The predicted molar refractivity (Wildman–Crippen MR) is 86.0 cm³/mol. The summed E-state index contributed by atoms with van der Waals surface area (Å²) >= 11 is 8.19. The summed E-state index contributed by atoms with van der Waals surface area (Å²) in [5.41, 5.74) is 1.02. The molecule has 1 unspecified atom stereocenters. The Balaban J connectivity index is 2.36. The number of hydrogen-bond acceptors (Lipinski definition) is 1. The summed E-state index contributed by atoms with van der Waals surface area (Å²) < 4.78 is 28.5. The van der Waals surface area contributed by atoms with Gasteiger partial charge in [-0.3, -0.25) is 0 Å². The second-order valence-corrected chi connectivity index (χ2v) is 6.01. The third kappa shape index (κ3) is 3.48. The average molecular weight is 408 g/mol. The second-order valence-electron chi connectivity index (χ2n) is 4.41. The molecule has 5 heteroatoms. The molecule has 0 radical (unpaired) electrons. The van der Waals surface area contributed by atoms with Crippen molar-refractivity contribution in [1.29, 1.82) is 0 Å². The minimum atomic E-state index is -0.526. The van der Waals surface area contributed by atoms with E-state index in [4.69, 9.17) is 11.6 Å². The first kappa shape index (κ1) is 15.7. The Morgan fingerprint density at radius 2 is 1.85 bits per heavy atom. The van der Waals surface area contributed by atoms with E-state index in [2.05, 4.69) is 27.9 Å². The van der Waals surface area contributed by atoms with Crippen LogP contribution in [0.5, 0.6) is 0 Å². The summed E-state index contributed by atoms with van der Waals surface area (Å²) in [6, 6.07) is 9.22. The molecule has 20 heavy (non-hydrogen) atoms. The van der Waals surface area contributed by atoms with Crippen molar-refractivity contribution in [2.24, 2.45) is 0 Å². The summed E-state index contributed by atoms with van der Waals surface area (Å²) in [4.78, 5) is 0. The molecule has 0 heterocycles. The van der Waals surface area contributed by atoms with Crippen molar-refractivity contribution >= 4 is 34.2 Å². The molecule has 0 aliphatic carbocycles. The fourth-order valence-corrected chi connectivity index (χ4v) is 2.97. The molecule has 1 atom stereocenters. The van der Waals surface area contributed by atoms with Gasteiger partial charge in [-0.15, -0.1) is 0 Å². The molecule has 1 N–H and O–H groups in total. The van der Waals surface area contributed by atoms with E-state index in [-0.39, 0.29) is 18.0 Å². The third-order valence-corrected chi connectivity index (χ3v) is 4.37. The van der Waals surface area contributed by atoms with Crippen LogP contribution < -0.4 is 5.32 Å². The molecule has 0 aromatic heterocycles. The molecule has 106 valence electrons. The maximum atomic E-state index is 13.7. The van der Waals surface area contributed by atoms with Crippen molar-refractivity contribution in [2.75, 3.05) is 7.05 Å². The minimum Gasteiger partial charge on any atom is -0.313 e. The molecule has 0 spiro atoms. The Hall–Kier alpha value is -0.720. The van der Waals surface area contributed by atoms with Gasteiger partial charge in [-0.25, -0.2) is 8.78 Å². The highest BCUT2D eigenvalue weighted by Crippen LogP contribution is 2.27.